The monoisotopic (exact) mass is 209 g/mol. The van der Waals surface area contributed by atoms with Crippen LogP contribution in [0, 0.1) is 0 Å². The molecule has 0 atom stereocenters. The van der Waals surface area contributed by atoms with Crippen molar-refractivity contribution in [1.82, 2.24) is 25.2 Å². The molecule has 1 aliphatic heterocycles. The second kappa shape index (κ2) is 3.98. The molecule has 6 nitrogen and oxygen atoms in total. The average molecular weight is 209 g/mol. The summed E-state index contributed by atoms with van der Waals surface area (Å²) in [5, 5.41) is 11.0. The number of nitrogens with zero attached hydrogens (tertiary/aromatic N) is 4. The predicted octanol–water partition coefficient (Wildman–Crippen LogP) is -0.486. The Morgan fingerprint density at radius 3 is 3.00 bits per heavy atom. The topological polar surface area (TPSA) is 63.1 Å². The van der Waals surface area contributed by atoms with Crippen LogP contribution in [-0.2, 0) is 0 Å². The molecule has 2 heterocycles. The van der Waals surface area contributed by atoms with Crippen LogP contribution in [0.2, 0.25) is 0 Å². The van der Waals surface area contributed by atoms with Crippen molar-refractivity contribution in [3.63, 3.8) is 0 Å². The first kappa shape index (κ1) is 10.1. The lowest BCUT2D eigenvalue weighted by atomic mass is 10.2. The van der Waals surface area contributed by atoms with Gasteiger partial charge in [-0.3, -0.25) is 4.79 Å². The molecule has 2 rings (SSSR count). The molecule has 1 fully saturated rings. The minimum absolute atomic E-state index is 0.0731. The molecule has 0 radical (unpaired) electrons. The van der Waals surface area contributed by atoms with E-state index in [2.05, 4.69) is 15.6 Å². The average Bonchev–Trinajstić information content (AvgIpc) is 2.62. The van der Waals surface area contributed by atoms with Gasteiger partial charge in [0.2, 0.25) is 0 Å². The Labute approximate surface area is 88.2 Å². The van der Waals surface area contributed by atoms with Crippen LogP contribution in [0.5, 0.6) is 0 Å². The lowest BCUT2D eigenvalue weighted by molar-refractivity contribution is 0.0796. The Morgan fingerprint density at radius 2 is 2.47 bits per heavy atom. The second-order valence-corrected chi connectivity index (χ2v) is 3.72. The summed E-state index contributed by atoms with van der Waals surface area (Å²) in [6.45, 7) is 4.41. The number of aromatic nitrogens is 3. The molecule has 82 valence electrons. The highest BCUT2D eigenvalue weighted by molar-refractivity contribution is 5.91. The SMILES string of the molecule is CCN(C)C(=O)c1cn(C2CNC2)nn1. The molecule has 1 saturated heterocycles. The molecule has 0 spiro atoms. The van der Waals surface area contributed by atoms with Crippen LogP contribution >= 0.6 is 0 Å². The van der Waals surface area contributed by atoms with Gasteiger partial charge in [-0.2, -0.15) is 0 Å². The van der Waals surface area contributed by atoms with Crippen LogP contribution in [-0.4, -0.2) is 52.5 Å². The van der Waals surface area contributed by atoms with Crippen molar-refractivity contribution in [3.8, 4) is 0 Å². The van der Waals surface area contributed by atoms with Crippen molar-refractivity contribution in [1.29, 1.82) is 0 Å². The zero-order valence-electron chi connectivity index (χ0n) is 8.97. The van der Waals surface area contributed by atoms with Gasteiger partial charge in [0.1, 0.15) is 0 Å². The van der Waals surface area contributed by atoms with E-state index in [1.165, 1.54) is 0 Å². The Morgan fingerprint density at radius 1 is 1.73 bits per heavy atom. The first-order chi connectivity index (χ1) is 7.22. The Kier molecular flexibility index (Phi) is 2.68. The van der Waals surface area contributed by atoms with Gasteiger partial charge < -0.3 is 10.2 Å². The highest BCUT2D eigenvalue weighted by Crippen LogP contribution is 2.10. The molecule has 0 unspecified atom stereocenters. The first-order valence-corrected chi connectivity index (χ1v) is 5.10. The van der Waals surface area contributed by atoms with Crippen LogP contribution < -0.4 is 5.32 Å². The summed E-state index contributed by atoms with van der Waals surface area (Å²) in [6.07, 6.45) is 1.72. The number of amides is 1. The van der Waals surface area contributed by atoms with E-state index in [-0.39, 0.29) is 5.91 Å². The standard InChI is InChI=1S/C9H15N5O/c1-3-13(2)9(15)8-6-14(12-11-8)7-4-10-5-7/h6-7,10H,3-5H2,1-2H3. The minimum Gasteiger partial charge on any atom is -0.341 e. The number of hydrogen-bond acceptors (Lipinski definition) is 4. The van der Waals surface area contributed by atoms with Crippen molar-refractivity contribution in [2.75, 3.05) is 26.7 Å². The van der Waals surface area contributed by atoms with E-state index >= 15 is 0 Å². The molecule has 0 bridgehead atoms. The summed E-state index contributed by atoms with van der Waals surface area (Å²) in [7, 11) is 1.76. The molecule has 0 aliphatic carbocycles. The van der Waals surface area contributed by atoms with Crippen molar-refractivity contribution in [2.24, 2.45) is 0 Å². The molecule has 1 aliphatic rings. The van der Waals surface area contributed by atoms with E-state index in [1.54, 1.807) is 22.8 Å². The van der Waals surface area contributed by atoms with E-state index in [9.17, 15) is 4.79 Å². The molecule has 0 aromatic carbocycles. The maximum absolute atomic E-state index is 11.7. The van der Waals surface area contributed by atoms with Crippen LogP contribution in [0.1, 0.15) is 23.5 Å². The molecule has 1 N–H and O–H groups in total. The third-order valence-corrected chi connectivity index (χ3v) is 2.68. The van der Waals surface area contributed by atoms with Crippen LogP contribution in [0.25, 0.3) is 0 Å². The number of nitrogens with one attached hydrogen (secondary N) is 1. The van der Waals surface area contributed by atoms with Gasteiger partial charge in [-0.1, -0.05) is 5.21 Å². The lowest BCUT2D eigenvalue weighted by Gasteiger charge is -2.26. The molecule has 6 heteroatoms. The van der Waals surface area contributed by atoms with Gasteiger partial charge in [0.15, 0.2) is 5.69 Å². The summed E-state index contributed by atoms with van der Waals surface area (Å²) >= 11 is 0. The number of rotatable bonds is 3. The fraction of sp³-hybridized carbons (Fsp3) is 0.667. The van der Waals surface area contributed by atoms with Gasteiger partial charge in [-0.25, -0.2) is 4.68 Å². The molecule has 1 amide bonds. The highest BCUT2D eigenvalue weighted by atomic mass is 16.2. The number of carbonyl (C=O) groups is 1. The Balaban J connectivity index is 2.08. The summed E-state index contributed by atoms with van der Waals surface area (Å²) in [5.74, 6) is -0.0731. The van der Waals surface area contributed by atoms with Crippen LogP contribution in [0.15, 0.2) is 6.20 Å². The molecule has 15 heavy (non-hydrogen) atoms. The molecule has 0 saturated carbocycles. The lowest BCUT2D eigenvalue weighted by Crippen LogP contribution is -2.43. The summed E-state index contributed by atoms with van der Waals surface area (Å²) in [4.78, 5) is 13.3. The first-order valence-electron chi connectivity index (χ1n) is 5.10. The Hall–Kier alpha value is -1.43. The zero-order chi connectivity index (χ0) is 10.8. The number of hydrogen-bond donors (Lipinski definition) is 1. The third kappa shape index (κ3) is 1.85. The van der Waals surface area contributed by atoms with Crippen LogP contribution in [0.3, 0.4) is 0 Å². The largest absolute Gasteiger partial charge is 0.341 e. The van der Waals surface area contributed by atoms with Gasteiger partial charge in [-0.05, 0) is 6.92 Å². The Bertz CT molecular complexity index is 357. The molecule has 1 aromatic rings. The van der Waals surface area contributed by atoms with Crippen molar-refractivity contribution in [2.45, 2.75) is 13.0 Å². The van der Waals surface area contributed by atoms with Crippen LogP contribution in [0.4, 0.5) is 0 Å². The van der Waals surface area contributed by atoms with Crippen molar-refractivity contribution < 1.29 is 4.79 Å². The van der Waals surface area contributed by atoms with E-state index in [4.69, 9.17) is 0 Å². The van der Waals surface area contributed by atoms with Crippen molar-refractivity contribution in [3.05, 3.63) is 11.9 Å². The smallest absolute Gasteiger partial charge is 0.275 e. The fourth-order valence-electron chi connectivity index (χ4n) is 1.35. The predicted molar refractivity (Wildman–Crippen MR) is 54.6 cm³/mol. The van der Waals surface area contributed by atoms with Crippen molar-refractivity contribution >= 4 is 5.91 Å². The van der Waals surface area contributed by atoms with E-state index in [0.717, 1.165) is 13.1 Å². The summed E-state index contributed by atoms with van der Waals surface area (Å²) < 4.78 is 1.76. The van der Waals surface area contributed by atoms with Gasteiger partial charge in [-0.15, -0.1) is 5.10 Å². The second-order valence-electron chi connectivity index (χ2n) is 3.72. The zero-order valence-corrected chi connectivity index (χ0v) is 8.97. The van der Waals surface area contributed by atoms with E-state index in [0.29, 0.717) is 18.3 Å². The maximum Gasteiger partial charge on any atom is 0.275 e. The van der Waals surface area contributed by atoms with Gasteiger partial charge in [0.05, 0.1) is 12.2 Å². The third-order valence-electron chi connectivity index (χ3n) is 2.68. The molecule has 1 aromatic heterocycles. The van der Waals surface area contributed by atoms with Gasteiger partial charge >= 0.3 is 0 Å². The highest BCUT2D eigenvalue weighted by Gasteiger charge is 2.22. The quantitative estimate of drug-likeness (QED) is 0.730. The van der Waals surface area contributed by atoms with E-state index < -0.39 is 0 Å². The fourth-order valence-corrected chi connectivity index (χ4v) is 1.35. The summed E-state index contributed by atoms with van der Waals surface area (Å²) in [5.41, 5.74) is 0.422. The summed E-state index contributed by atoms with van der Waals surface area (Å²) in [6, 6.07) is 0.353. The van der Waals surface area contributed by atoms with Gasteiger partial charge in [0.25, 0.3) is 5.91 Å². The molecular formula is C9H15N5O. The normalized spacial score (nSPS) is 16.1. The minimum atomic E-state index is -0.0731. The molecular weight excluding hydrogens is 194 g/mol. The number of carbonyl (C=O) groups excluding carboxylic acids is 1. The van der Waals surface area contributed by atoms with E-state index in [1.807, 2.05) is 6.92 Å². The van der Waals surface area contributed by atoms with Gasteiger partial charge in [0, 0.05) is 26.7 Å². The maximum atomic E-state index is 11.7.